The molecule has 0 aliphatic heterocycles. The van der Waals surface area contributed by atoms with E-state index in [1.165, 1.54) is 0 Å². The Bertz CT molecular complexity index is 494. The maximum absolute atomic E-state index is 5.90. The van der Waals surface area contributed by atoms with Crippen LogP contribution in [0.2, 0.25) is 0 Å². The lowest BCUT2D eigenvalue weighted by molar-refractivity contribution is 0.541. The topological polar surface area (TPSA) is 56.7 Å². The van der Waals surface area contributed by atoms with Gasteiger partial charge >= 0.3 is 0 Å². The molecule has 4 nitrogen and oxygen atoms in total. The SMILES string of the molecule is CC(C)(C)c1ccnn1-c1ncccc1N. The Morgan fingerprint density at radius 1 is 1.19 bits per heavy atom. The fourth-order valence-corrected chi connectivity index (χ4v) is 1.63. The molecule has 0 spiro atoms. The molecule has 2 aromatic heterocycles. The van der Waals surface area contributed by atoms with Crippen molar-refractivity contribution in [1.29, 1.82) is 0 Å². The number of hydrogen-bond acceptors (Lipinski definition) is 3. The number of hydrogen-bond donors (Lipinski definition) is 1. The summed E-state index contributed by atoms with van der Waals surface area (Å²) in [5.74, 6) is 0.692. The van der Waals surface area contributed by atoms with Crippen LogP contribution < -0.4 is 5.73 Å². The number of pyridine rings is 1. The lowest BCUT2D eigenvalue weighted by atomic mass is 9.92. The first-order valence-electron chi connectivity index (χ1n) is 5.25. The van der Waals surface area contributed by atoms with Gasteiger partial charge in [-0.25, -0.2) is 9.67 Å². The van der Waals surface area contributed by atoms with Crippen LogP contribution in [0.5, 0.6) is 0 Å². The van der Waals surface area contributed by atoms with Gasteiger partial charge < -0.3 is 5.73 Å². The van der Waals surface area contributed by atoms with Crippen molar-refractivity contribution in [3.05, 3.63) is 36.3 Å². The van der Waals surface area contributed by atoms with Gasteiger partial charge in [-0.05, 0) is 18.2 Å². The van der Waals surface area contributed by atoms with E-state index >= 15 is 0 Å². The normalized spacial score (nSPS) is 11.7. The first-order valence-corrected chi connectivity index (χ1v) is 5.25. The summed E-state index contributed by atoms with van der Waals surface area (Å²) in [6, 6.07) is 5.64. The second kappa shape index (κ2) is 3.63. The van der Waals surface area contributed by atoms with Gasteiger partial charge in [-0.3, -0.25) is 0 Å². The molecule has 2 rings (SSSR count). The summed E-state index contributed by atoms with van der Waals surface area (Å²) in [6.45, 7) is 6.42. The van der Waals surface area contributed by atoms with E-state index in [9.17, 15) is 0 Å². The average Bonchev–Trinajstić information content (AvgIpc) is 2.66. The molecule has 0 saturated carbocycles. The number of aromatic nitrogens is 3. The van der Waals surface area contributed by atoms with Crippen molar-refractivity contribution in [2.24, 2.45) is 0 Å². The van der Waals surface area contributed by atoms with Gasteiger partial charge in [0.1, 0.15) is 0 Å². The molecule has 0 aliphatic carbocycles. The van der Waals surface area contributed by atoms with Crippen molar-refractivity contribution >= 4 is 5.69 Å². The van der Waals surface area contributed by atoms with Crippen LogP contribution >= 0.6 is 0 Å². The molecule has 0 amide bonds. The third kappa shape index (κ3) is 1.78. The van der Waals surface area contributed by atoms with Crippen LogP contribution in [0, 0.1) is 0 Å². The zero-order valence-electron chi connectivity index (χ0n) is 9.81. The van der Waals surface area contributed by atoms with Crippen molar-refractivity contribution in [2.75, 3.05) is 5.73 Å². The number of nitrogen functional groups attached to an aromatic ring is 1. The highest BCUT2D eigenvalue weighted by Crippen LogP contribution is 2.25. The van der Waals surface area contributed by atoms with Crippen molar-refractivity contribution in [2.45, 2.75) is 26.2 Å². The van der Waals surface area contributed by atoms with Crippen molar-refractivity contribution in [3.8, 4) is 5.82 Å². The summed E-state index contributed by atoms with van der Waals surface area (Å²) in [5, 5.41) is 4.29. The highest BCUT2D eigenvalue weighted by Gasteiger charge is 2.20. The molecule has 2 heterocycles. The maximum Gasteiger partial charge on any atom is 0.176 e. The van der Waals surface area contributed by atoms with E-state index in [2.05, 4.69) is 30.9 Å². The summed E-state index contributed by atoms with van der Waals surface area (Å²) in [5.41, 5.74) is 7.65. The predicted molar refractivity (Wildman–Crippen MR) is 64.5 cm³/mol. The van der Waals surface area contributed by atoms with Gasteiger partial charge in [0.15, 0.2) is 5.82 Å². The minimum absolute atomic E-state index is 0.0143. The number of rotatable bonds is 1. The lowest BCUT2D eigenvalue weighted by Gasteiger charge is -2.20. The van der Waals surface area contributed by atoms with Crippen LogP contribution in [0.4, 0.5) is 5.69 Å². The van der Waals surface area contributed by atoms with Crippen molar-refractivity contribution < 1.29 is 0 Å². The molecule has 4 heteroatoms. The summed E-state index contributed by atoms with van der Waals surface area (Å²) >= 11 is 0. The smallest absolute Gasteiger partial charge is 0.176 e. The second-order valence-electron chi connectivity index (χ2n) is 4.79. The molecule has 0 aromatic carbocycles. The predicted octanol–water partition coefficient (Wildman–Crippen LogP) is 2.15. The van der Waals surface area contributed by atoms with Crippen molar-refractivity contribution in [1.82, 2.24) is 14.8 Å². The van der Waals surface area contributed by atoms with E-state index in [0.29, 0.717) is 11.5 Å². The van der Waals surface area contributed by atoms with E-state index in [-0.39, 0.29) is 5.41 Å². The molecule has 2 aromatic rings. The Morgan fingerprint density at radius 2 is 1.94 bits per heavy atom. The summed E-state index contributed by atoms with van der Waals surface area (Å²) < 4.78 is 1.80. The van der Waals surface area contributed by atoms with Crippen LogP contribution in [-0.2, 0) is 5.41 Å². The van der Waals surface area contributed by atoms with Gasteiger partial charge in [0.05, 0.1) is 11.4 Å². The Hall–Kier alpha value is -1.84. The summed E-state index contributed by atoms with van der Waals surface area (Å²) in [7, 11) is 0. The van der Waals surface area contributed by atoms with Crippen LogP contribution in [0.1, 0.15) is 26.5 Å². The van der Waals surface area contributed by atoms with Crippen LogP contribution in [0.3, 0.4) is 0 Å². The third-order valence-corrected chi connectivity index (χ3v) is 2.43. The van der Waals surface area contributed by atoms with Gasteiger partial charge in [-0.2, -0.15) is 5.10 Å². The lowest BCUT2D eigenvalue weighted by Crippen LogP contribution is -2.18. The van der Waals surface area contributed by atoms with Gasteiger partial charge in [0.25, 0.3) is 0 Å². The minimum atomic E-state index is 0.0143. The Kier molecular flexibility index (Phi) is 2.42. The van der Waals surface area contributed by atoms with E-state index in [4.69, 9.17) is 5.73 Å². The molecular formula is C12H16N4. The highest BCUT2D eigenvalue weighted by atomic mass is 15.3. The highest BCUT2D eigenvalue weighted by molar-refractivity contribution is 5.52. The molecule has 0 aliphatic rings. The standard InChI is InChI=1S/C12H16N4/c1-12(2,3)10-6-8-15-16(10)11-9(13)5-4-7-14-11/h4-8H,13H2,1-3H3. The van der Waals surface area contributed by atoms with Crippen LogP contribution in [0.25, 0.3) is 5.82 Å². The molecule has 2 N–H and O–H groups in total. The zero-order valence-corrected chi connectivity index (χ0v) is 9.81. The molecule has 84 valence electrons. The quantitative estimate of drug-likeness (QED) is 0.794. The fraction of sp³-hybridized carbons (Fsp3) is 0.333. The van der Waals surface area contributed by atoms with E-state index < -0.39 is 0 Å². The Morgan fingerprint density at radius 3 is 2.56 bits per heavy atom. The average molecular weight is 216 g/mol. The van der Waals surface area contributed by atoms with E-state index in [0.717, 1.165) is 5.69 Å². The summed E-state index contributed by atoms with van der Waals surface area (Å²) in [6.07, 6.45) is 3.49. The van der Waals surface area contributed by atoms with E-state index in [1.807, 2.05) is 18.2 Å². The van der Waals surface area contributed by atoms with Crippen LogP contribution in [-0.4, -0.2) is 14.8 Å². The van der Waals surface area contributed by atoms with Gasteiger partial charge in [-0.1, -0.05) is 20.8 Å². The van der Waals surface area contributed by atoms with Gasteiger partial charge in [0.2, 0.25) is 0 Å². The van der Waals surface area contributed by atoms with Gasteiger partial charge in [-0.15, -0.1) is 0 Å². The monoisotopic (exact) mass is 216 g/mol. The summed E-state index contributed by atoms with van der Waals surface area (Å²) in [4.78, 5) is 4.27. The molecule has 0 radical (unpaired) electrons. The fourth-order valence-electron chi connectivity index (χ4n) is 1.63. The molecule has 0 unspecified atom stereocenters. The third-order valence-electron chi connectivity index (χ3n) is 2.43. The van der Waals surface area contributed by atoms with Gasteiger partial charge in [0, 0.05) is 17.8 Å². The largest absolute Gasteiger partial charge is 0.396 e. The minimum Gasteiger partial charge on any atom is -0.396 e. The number of anilines is 1. The van der Waals surface area contributed by atoms with Crippen LogP contribution in [0.15, 0.2) is 30.6 Å². The first-order chi connectivity index (χ1) is 7.50. The molecule has 0 saturated heterocycles. The molecule has 0 fully saturated rings. The molecule has 0 bridgehead atoms. The maximum atomic E-state index is 5.90. The van der Waals surface area contributed by atoms with E-state index in [1.54, 1.807) is 17.1 Å². The number of nitrogens with two attached hydrogens (primary N) is 1. The molecule has 0 atom stereocenters. The zero-order chi connectivity index (χ0) is 11.8. The molecule has 16 heavy (non-hydrogen) atoms. The second-order valence-corrected chi connectivity index (χ2v) is 4.79. The van der Waals surface area contributed by atoms with Crippen molar-refractivity contribution in [3.63, 3.8) is 0 Å². The first kappa shape index (κ1) is 10.7. The molecular weight excluding hydrogens is 200 g/mol. The Balaban J connectivity index is 2.58. The Labute approximate surface area is 95.1 Å². The number of nitrogens with zero attached hydrogens (tertiary/aromatic N) is 3.